The van der Waals surface area contributed by atoms with Crippen molar-refractivity contribution in [3.05, 3.63) is 27.7 Å². The first-order valence-electron chi connectivity index (χ1n) is 6.77. The van der Waals surface area contributed by atoms with Gasteiger partial charge >= 0.3 is 0 Å². The standard InChI is InChI=1S/C14H19BrN2O3S/c1-9-5-11(6-10(2)14(9)15)17-13(18)7-12-8-21(19,20)4-3-16-12/h5-6,12,16H,3-4,7-8H2,1-2H3,(H,17,18). The van der Waals surface area contributed by atoms with Crippen LogP contribution in [0.5, 0.6) is 0 Å². The molecule has 1 fully saturated rings. The first kappa shape index (κ1) is 16.5. The first-order chi connectivity index (χ1) is 9.77. The third-order valence-electron chi connectivity index (χ3n) is 3.45. The molecule has 5 nitrogen and oxygen atoms in total. The van der Waals surface area contributed by atoms with Gasteiger partial charge in [-0.15, -0.1) is 0 Å². The Morgan fingerprint density at radius 1 is 1.38 bits per heavy atom. The summed E-state index contributed by atoms with van der Waals surface area (Å²) in [6.07, 6.45) is 0.160. The lowest BCUT2D eigenvalue weighted by Crippen LogP contribution is -2.46. The fourth-order valence-corrected chi connectivity index (χ4v) is 4.13. The van der Waals surface area contributed by atoms with Gasteiger partial charge in [-0.3, -0.25) is 4.79 Å². The fraction of sp³-hybridized carbons (Fsp3) is 0.500. The molecule has 1 aliphatic heterocycles. The molecular weight excluding hydrogens is 356 g/mol. The van der Waals surface area contributed by atoms with Gasteiger partial charge in [0.05, 0.1) is 11.5 Å². The Bertz CT molecular complexity index is 635. The Kier molecular flexibility index (Phi) is 5.06. The second-order valence-corrected chi connectivity index (χ2v) is 8.46. The molecule has 1 atom stereocenters. The number of rotatable bonds is 3. The van der Waals surface area contributed by atoms with Crippen molar-refractivity contribution >= 4 is 37.4 Å². The zero-order valence-corrected chi connectivity index (χ0v) is 14.5. The van der Waals surface area contributed by atoms with Gasteiger partial charge < -0.3 is 10.6 Å². The summed E-state index contributed by atoms with van der Waals surface area (Å²) >= 11 is 3.48. The minimum Gasteiger partial charge on any atom is -0.326 e. The lowest BCUT2D eigenvalue weighted by Gasteiger charge is -2.23. The van der Waals surface area contributed by atoms with E-state index in [1.165, 1.54) is 0 Å². The molecule has 21 heavy (non-hydrogen) atoms. The number of hydrogen-bond acceptors (Lipinski definition) is 4. The van der Waals surface area contributed by atoms with E-state index in [9.17, 15) is 13.2 Å². The maximum Gasteiger partial charge on any atom is 0.225 e. The van der Waals surface area contributed by atoms with E-state index in [4.69, 9.17) is 0 Å². The molecule has 1 amide bonds. The molecule has 1 unspecified atom stereocenters. The number of aryl methyl sites for hydroxylation is 2. The molecule has 7 heteroatoms. The second-order valence-electron chi connectivity index (χ2n) is 5.44. The summed E-state index contributed by atoms with van der Waals surface area (Å²) < 4.78 is 24.1. The number of halogens is 1. The van der Waals surface area contributed by atoms with Crippen LogP contribution >= 0.6 is 15.9 Å². The summed E-state index contributed by atoms with van der Waals surface area (Å²) in [5, 5.41) is 5.91. The van der Waals surface area contributed by atoms with Crippen LogP contribution in [0.15, 0.2) is 16.6 Å². The highest BCUT2D eigenvalue weighted by Gasteiger charge is 2.26. The Hall–Kier alpha value is -0.920. The van der Waals surface area contributed by atoms with Gasteiger partial charge in [-0.1, -0.05) is 15.9 Å². The normalized spacial score (nSPS) is 21.0. The van der Waals surface area contributed by atoms with Crippen LogP contribution in [0.4, 0.5) is 5.69 Å². The number of benzene rings is 1. The van der Waals surface area contributed by atoms with E-state index in [1.54, 1.807) is 0 Å². The maximum atomic E-state index is 12.0. The van der Waals surface area contributed by atoms with Crippen LogP contribution in [-0.4, -0.2) is 38.4 Å². The molecule has 116 valence electrons. The summed E-state index contributed by atoms with van der Waals surface area (Å²) in [4.78, 5) is 12.0. The average molecular weight is 375 g/mol. The van der Waals surface area contributed by atoms with Crippen molar-refractivity contribution in [3.8, 4) is 0 Å². The van der Waals surface area contributed by atoms with Crippen molar-refractivity contribution in [1.29, 1.82) is 0 Å². The zero-order chi connectivity index (χ0) is 15.6. The minimum atomic E-state index is -3.02. The molecule has 2 rings (SSSR count). The van der Waals surface area contributed by atoms with Gasteiger partial charge in [0, 0.05) is 29.2 Å². The lowest BCUT2D eigenvalue weighted by atomic mass is 10.1. The monoisotopic (exact) mass is 374 g/mol. The van der Waals surface area contributed by atoms with E-state index in [1.807, 2.05) is 26.0 Å². The quantitative estimate of drug-likeness (QED) is 0.845. The van der Waals surface area contributed by atoms with Crippen LogP contribution in [0.25, 0.3) is 0 Å². The summed E-state index contributed by atoms with van der Waals surface area (Å²) in [6.45, 7) is 4.33. The number of carbonyl (C=O) groups is 1. The number of carbonyl (C=O) groups excluding carboxylic acids is 1. The molecule has 0 bridgehead atoms. The molecule has 1 aromatic rings. The van der Waals surface area contributed by atoms with Crippen molar-refractivity contribution in [2.45, 2.75) is 26.3 Å². The van der Waals surface area contributed by atoms with Gasteiger partial charge in [-0.2, -0.15) is 0 Å². The van der Waals surface area contributed by atoms with Crippen LogP contribution in [0.3, 0.4) is 0 Å². The molecule has 0 radical (unpaired) electrons. The van der Waals surface area contributed by atoms with E-state index >= 15 is 0 Å². The first-order valence-corrected chi connectivity index (χ1v) is 9.39. The van der Waals surface area contributed by atoms with E-state index in [0.717, 1.165) is 21.3 Å². The van der Waals surface area contributed by atoms with Gasteiger partial charge in [0.1, 0.15) is 0 Å². The van der Waals surface area contributed by atoms with Gasteiger partial charge in [-0.05, 0) is 37.1 Å². The number of anilines is 1. The van der Waals surface area contributed by atoms with E-state index in [0.29, 0.717) is 6.54 Å². The maximum absolute atomic E-state index is 12.0. The molecule has 1 aliphatic rings. The van der Waals surface area contributed by atoms with Crippen LogP contribution < -0.4 is 10.6 Å². The van der Waals surface area contributed by atoms with Gasteiger partial charge in [0.25, 0.3) is 0 Å². The van der Waals surface area contributed by atoms with E-state index in [2.05, 4.69) is 26.6 Å². The number of sulfone groups is 1. The average Bonchev–Trinajstić information content (AvgIpc) is 2.34. The van der Waals surface area contributed by atoms with Crippen molar-refractivity contribution < 1.29 is 13.2 Å². The molecule has 2 N–H and O–H groups in total. The highest BCUT2D eigenvalue weighted by molar-refractivity contribution is 9.10. The lowest BCUT2D eigenvalue weighted by molar-refractivity contribution is -0.116. The van der Waals surface area contributed by atoms with Crippen LogP contribution in [-0.2, 0) is 14.6 Å². The van der Waals surface area contributed by atoms with Crippen LogP contribution in [0.2, 0.25) is 0 Å². The number of amides is 1. The van der Waals surface area contributed by atoms with Crippen LogP contribution in [0.1, 0.15) is 17.5 Å². The molecule has 0 aromatic heterocycles. The third-order valence-corrected chi connectivity index (χ3v) is 6.44. The predicted molar refractivity (Wildman–Crippen MR) is 87.3 cm³/mol. The molecule has 1 saturated heterocycles. The molecule has 1 heterocycles. The predicted octanol–water partition coefficient (Wildman–Crippen LogP) is 1.78. The minimum absolute atomic E-state index is 0.0266. The smallest absolute Gasteiger partial charge is 0.225 e. The Balaban J connectivity index is 1.99. The largest absolute Gasteiger partial charge is 0.326 e. The van der Waals surface area contributed by atoms with Crippen molar-refractivity contribution in [1.82, 2.24) is 5.32 Å². The molecule has 1 aromatic carbocycles. The summed E-state index contributed by atoms with van der Waals surface area (Å²) in [7, 11) is -3.02. The zero-order valence-electron chi connectivity index (χ0n) is 12.1. The summed E-state index contributed by atoms with van der Waals surface area (Å²) in [5.41, 5.74) is 2.82. The topological polar surface area (TPSA) is 75.3 Å². The van der Waals surface area contributed by atoms with E-state index < -0.39 is 9.84 Å². The van der Waals surface area contributed by atoms with E-state index in [-0.39, 0.29) is 29.9 Å². The Labute approximate surface area is 133 Å². The van der Waals surface area contributed by atoms with Gasteiger partial charge in [0.15, 0.2) is 9.84 Å². The molecular formula is C14H19BrN2O3S. The highest BCUT2D eigenvalue weighted by atomic mass is 79.9. The Morgan fingerprint density at radius 3 is 2.57 bits per heavy atom. The van der Waals surface area contributed by atoms with Crippen molar-refractivity contribution in [3.63, 3.8) is 0 Å². The second kappa shape index (κ2) is 6.46. The Morgan fingerprint density at radius 2 is 2.00 bits per heavy atom. The number of nitrogens with one attached hydrogen (secondary N) is 2. The molecule has 0 spiro atoms. The fourth-order valence-electron chi connectivity index (χ4n) is 2.45. The van der Waals surface area contributed by atoms with Crippen LogP contribution in [0, 0.1) is 13.8 Å². The third kappa shape index (κ3) is 4.52. The van der Waals surface area contributed by atoms with Gasteiger partial charge in [0.2, 0.25) is 5.91 Å². The SMILES string of the molecule is Cc1cc(NC(=O)CC2CS(=O)(=O)CCN2)cc(C)c1Br. The van der Waals surface area contributed by atoms with Gasteiger partial charge in [-0.25, -0.2) is 8.42 Å². The number of hydrogen-bond donors (Lipinski definition) is 2. The summed E-state index contributed by atoms with van der Waals surface area (Å²) in [6, 6.07) is 3.47. The van der Waals surface area contributed by atoms with Crippen molar-refractivity contribution in [2.24, 2.45) is 0 Å². The molecule has 0 saturated carbocycles. The summed E-state index contributed by atoms with van der Waals surface area (Å²) in [5.74, 6) is 0.000372. The molecule has 0 aliphatic carbocycles. The highest BCUT2D eigenvalue weighted by Crippen LogP contribution is 2.25. The van der Waals surface area contributed by atoms with Crippen molar-refractivity contribution in [2.75, 3.05) is 23.4 Å².